The minimum Gasteiger partial charge on any atom is -0.482 e. The SMILES string of the molecule is C[C@@H](Oc1cc(F)c(-c2cccc(Cl)c2Cl)c2ncnc(N)c12)/C(N)=N/N(N)C(O)(O)O. The van der Waals surface area contributed by atoms with Crippen LogP contribution in [0.2, 0.25) is 10.0 Å². The van der Waals surface area contributed by atoms with E-state index in [1.165, 1.54) is 6.92 Å². The number of amidine groups is 1. The second kappa shape index (κ2) is 8.86. The Morgan fingerprint density at radius 2 is 1.97 bits per heavy atom. The van der Waals surface area contributed by atoms with E-state index >= 15 is 4.39 Å². The number of fused-ring (bicyclic) bond motifs is 1. The van der Waals surface area contributed by atoms with E-state index in [1.807, 2.05) is 0 Å². The maximum absolute atomic E-state index is 15.3. The summed E-state index contributed by atoms with van der Waals surface area (Å²) in [7, 11) is 0. The van der Waals surface area contributed by atoms with Crippen LogP contribution in [0.3, 0.4) is 0 Å². The highest BCUT2D eigenvalue weighted by molar-refractivity contribution is 6.44. The van der Waals surface area contributed by atoms with Crippen LogP contribution in [0, 0.1) is 5.82 Å². The molecule has 1 atom stereocenters. The van der Waals surface area contributed by atoms with Crippen molar-refractivity contribution in [1.29, 1.82) is 0 Å². The van der Waals surface area contributed by atoms with Crippen LogP contribution < -0.4 is 22.0 Å². The van der Waals surface area contributed by atoms with Crippen LogP contribution in [-0.2, 0) is 0 Å². The first-order chi connectivity index (χ1) is 14.9. The number of halogens is 3. The largest absolute Gasteiger partial charge is 0.482 e. The number of benzene rings is 2. The number of hydrazone groups is 1. The minimum atomic E-state index is -3.46. The molecule has 0 unspecified atom stereocenters. The Morgan fingerprint density at radius 1 is 1.28 bits per heavy atom. The Morgan fingerprint density at radius 3 is 2.62 bits per heavy atom. The number of rotatable bonds is 6. The molecule has 170 valence electrons. The van der Waals surface area contributed by atoms with Crippen molar-refractivity contribution < 1.29 is 24.4 Å². The molecule has 32 heavy (non-hydrogen) atoms. The number of ether oxygens (including phenoxy) is 1. The predicted octanol–water partition coefficient (Wildman–Crippen LogP) is 1.13. The lowest BCUT2D eigenvalue weighted by Crippen LogP contribution is -2.51. The first kappa shape index (κ1) is 23.7. The maximum Gasteiger partial charge on any atom is 0.399 e. The zero-order chi connectivity index (χ0) is 23.8. The molecule has 0 aliphatic rings. The quantitative estimate of drug-likeness (QED) is 0.0968. The summed E-state index contributed by atoms with van der Waals surface area (Å²) >= 11 is 12.4. The zero-order valence-electron chi connectivity index (χ0n) is 16.4. The Balaban J connectivity index is 2.13. The average Bonchev–Trinajstić information content (AvgIpc) is 2.70. The van der Waals surface area contributed by atoms with E-state index in [0.29, 0.717) is 0 Å². The topological polar surface area (TPSA) is 189 Å². The molecule has 0 spiro atoms. The van der Waals surface area contributed by atoms with Crippen molar-refractivity contribution in [2.45, 2.75) is 19.1 Å². The molecule has 0 saturated carbocycles. The average molecular weight is 486 g/mol. The van der Waals surface area contributed by atoms with Crippen molar-refractivity contribution in [2.75, 3.05) is 5.73 Å². The molecule has 3 aromatic rings. The van der Waals surface area contributed by atoms with Gasteiger partial charge in [-0.3, -0.25) is 0 Å². The van der Waals surface area contributed by atoms with Crippen LogP contribution in [0.15, 0.2) is 35.7 Å². The Kier molecular flexibility index (Phi) is 6.55. The predicted molar refractivity (Wildman–Crippen MR) is 116 cm³/mol. The monoisotopic (exact) mass is 485 g/mol. The molecule has 1 aromatic heterocycles. The van der Waals surface area contributed by atoms with Gasteiger partial charge in [0.2, 0.25) is 0 Å². The summed E-state index contributed by atoms with van der Waals surface area (Å²) in [5.41, 5.74) is 12.1. The lowest BCUT2D eigenvalue weighted by Gasteiger charge is -2.24. The van der Waals surface area contributed by atoms with Gasteiger partial charge in [-0.15, -0.1) is 10.2 Å². The van der Waals surface area contributed by atoms with Gasteiger partial charge >= 0.3 is 6.10 Å². The second-order valence-corrected chi connectivity index (χ2v) is 7.33. The van der Waals surface area contributed by atoms with Gasteiger partial charge in [0.05, 0.1) is 20.9 Å². The molecule has 0 radical (unpaired) electrons. The third-order valence-electron chi connectivity index (χ3n) is 4.33. The number of aromatic nitrogens is 2. The van der Waals surface area contributed by atoms with E-state index in [-0.39, 0.29) is 54.6 Å². The van der Waals surface area contributed by atoms with Crippen molar-refractivity contribution in [3.63, 3.8) is 0 Å². The van der Waals surface area contributed by atoms with Crippen molar-refractivity contribution in [2.24, 2.45) is 16.7 Å². The normalized spacial score (nSPS) is 13.3. The van der Waals surface area contributed by atoms with E-state index in [9.17, 15) is 0 Å². The van der Waals surface area contributed by atoms with E-state index < -0.39 is 18.0 Å². The number of hydrogen-bond acceptors (Lipinski definition) is 10. The first-order valence-electron chi connectivity index (χ1n) is 8.81. The molecule has 0 amide bonds. The number of hydrogen-bond donors (Lipinski definition) is 6. The summed E-state index contributed by atoms with van der Waals surface area (Å²) in [5, 5.41) is 30.8. The van der Waals surface area contributed by atoms with Crippen molar-refractivity contribution in [1.82, 2.24) is 15.1 Å². The van der Waals surface area contributed by atoms with Gasteiger partial charge < -0.3 is 31.5 Å². The fourth-order valence-corrected chi connectivity index (χ4v) is 3.17. The third-order valence-corrected chi connectivity index (χ3v) is 5.15. The zero-order valence-corrected chi connectivity index (χ0v) is 17.9. The first-order valence-corrected chi connectivity index (χ1v) is 9.57. The van der Waals surface area contributed by atoms with Gasteiger partial charge in [0.15, 0.2) is 11.9 Å². The number of nitrogens with two attached hydrogens (primary N) is 3. The maximum atomic E-state index is 15.3. The molecule has 0 aliphatic heterocycles. The summed E-state index contributed by atoms with van der Waals surface area (Å²) in [4.78, 5) is 8.06. The summed E-state index contributed by atoms with van der Waals surface area (Å²) in [6, 6.07) is 5.76. The number of aliphatic hydroxyl groups is 3. The summed E-state index contributed by atoms with van der Waals surface area (Å²) in [6.07, 6.45) is -3.40. The van der Waals surface area contributed by atoms with Crippen LogP contribution in [0.5, 0.6) is 5.75 Å². The smallest absolute Gasteiger partial charge is 0.399 e. The van der Waals surface area contributed by atoms with Gasteiger partial charge in [-0.25, -0.2) is 20.2 Å². The van der Waals surface area contributed by atoms with Crippen molar-refractivity contribution >= 4 is 45.8 Å². The summed E-state index contributed by atoms with van der Waals surface area (Å²) in [6.45, 7) is 1.41. The highest BCUT2D eigenvalue weighted by atomic mass is 35.5. The highest BCUT2D eigenvalue weighted by Crippen LogP contribution is 2.42. The molecule has 0 saturated heterocycles. The second-order valence-electron chi connectivity index (χ2n) is 6.54. The van der Waals surface area contributed by atoms with E-state index in [4.69, 9.17) is 60.6 Å². The number of anilines is 1. The Bertz CT molecular complexity index is 1210. The molecular formula is C18H18Cl2FN7O4. The third kappa shape index (κ3) is 4.60. The van der Waals surface area contributed by atoms with Gasteiger partial charge in [-0.05, 0) is 13.0 Å². The van der Waals surface area contributed by atoms with Crippen LogP contribution >= 0.6 is 23.2 Å². The van der Waals surface area contributed by atoms with Crippen LogP contribution in [-0.4, -0.2) is 48.4 Å². The molecule has 1 heterocycles. The fraction of sp³-hybridized carbons (Fsp3) is 0.167. The lowest BCUT2D eigenvalue weighted by molar-refractivity contribution is -0.395. The Labute approximate surface area is 190 Å². The molecular weight excluding hydrogens is 468 g/mol. The van der Waals surface area contributed by atoms with Gasteiger partial charge in [0.25, 0.3) is 0 Å². The van der Waals surface area contributed by atoms with Gasteiger partial charge in [0.1, 0.15) is 23.7 Å². The van der Waals surface area contributed by atoms with E-state index in [0.717, 1.165) is 12.4 Å². The van der Waals surface area contributed by atoms with Gasteiger partial charge in [-0.2, -0.15) is 0 Å². The molecule has 11 nitrogen and oxygen atoms in total. The molecule has 9 N–H and O–H groups in total. The van der Waals surface area contributed by atoms with E-state index in [2.05, 4.69) is 15.1 Å². The van der Waals surface area contributed by atoms with Crippen LogP contribution in [0.25, 0.3) is 22.0 Å². The number of nitrogens with zero attached hydrogens (tertiary/aromatic N) is 4. The summed E-state index contributed by atoms with van der Waals surface area (Å²) < 4.78 is 20.9. The minimum absolute atomic E-state index is 0.0207. The molecule has 0 bridgehead atoms. The molecule has 0 fully saturated rings. The standard InChI is InChI=1S/C18H18Cl2FN7O4/c1-7(16(22)27-28(24)18(29,30)31)32-11-5-10(21)12(8-3-2-4-9(19)14(8)20)15-13(11)17(23)26-6-25-15/h2-7,29-31H,24H2,1H3,(H2,22,27)(H2,23,25,26)/t7-/m1/s1. The van der Waals surface area contributed by atoms with E-state index in [1.54, 1.807) is 18.2 Å². The highest BCUT2D eigenvalue weighted by Gasteiger charge is 2.27. The van der Waals surface area contributed by atoms with Crippen LogP contribution in [0.1, 0.15) is 6.92 Å². The molecule has 14 heteroatoms. The number of hydrazine groups is 1. The van der Waals surface area contributed by atoms with Crippen LogP contribution in [0.4, 0.5) is 10.2 Å². The Hall–Kier alpha value is -3.00. The van der Waals surface area contributed by atoms with Gasteiger partial charge in [-0.1, -0.05) is 35.3 Å². The van der Waals surface area contributed by atoms with Crippen molar-refractivity contribution in [3.05, 3.63) is 46.5 Å². The number of nitrogen functional groups attached to an aromatic ring is 1. The van der Waals surface area contributed by atoms with Crippen molar-refractivity contribution in [3.8, 4) is 16.9 Å². The van der Waals surface area contributed by atoms with Gasteiger partial charge in [0, 0.05) is 17.2 Å². The molecule has 0 aliphatic carbocycles. The molecule has 3 rings (SSSR count). The molecule has 2 aromatic carbocycles. The lowest BCUT2D eigenvalue weighted by atomic mass is 10.0. The fourth-order valence-electron chi connectivity index (χ4n) is 2.77. The summed E-state index contributed by atoms with van der Waals surface area (Å²) in [5.74, 6) is 3.92.